The smallest absolute Gasteiger partial charge is 0.267 e. The summed E-state index contributed by atoms with van der Waals surface area (Å²) in [5.41, 5.74) is 4.51. The summed E-state index contributed by atoms with van der Waals surface area (Å²) in [4.78, 5) is 17.9. The fraction of sp³-hybridized carbons (Fsp3) is 0.0870. The molecule has 0 unspecified atom stereocenters. The van der Waals surface area contributed by atoms with Gasteiger partial charge in [-0.05, 0) is 61.4 Å². The Morgan fingerprint density at radius 1 is 1.03 bits per heavy atom. The van der Waals surface area contributed by atoms with Crippen molar-refractivity contribution < 1.29 is 4.79 Å². The molecule has 29 heavy (non-hydrogen) atoms. The zero-order valence-corrected chi connectivity index (χ0v) is 18.4. The van der Waals surface area contributed by atoms with E-state index in [0.29, 0.717) is 10.7 Å². The zero-order chi connectivity index (χ0) is 20.4. The second-order valence-electron chi connectivity index (χ2n) is 6.75. The quantitative estimate of drug-likeness (QED) is 0.261. The van der Waals surface area contributed by atoms with Gasteiger partial charge in [-0.25, -0.2) is 4.98 Å². The van der Waals surface area contributed by atoms with Crippen molar-refractivity contribution in [3.63, 3.8) is 0 Å². The van der Waals surface area contributed by atoms with Gasteiger partial charge in [0.25, 0.3) is 5.91 Å². The number of fused-ring (bicyclic) bond motifs is 1. The van der Waals surface area contributed by atoms with Gasteiger partial charge in [-0.1, -0.05) is 63.2 Å². The van der Waals surface area contributed by atoms with Crippen molar-refractivity contribution in [1.82, 2.24) is 4.98 Å². The highest BCUT2D eigenvalue weighted by Gasteiger charge is 2.21. The van der Waals surface area contributed by atoms with Gasteiger partial charge in [-0.15, -0.1) is 0 Å². The lowest BCUT2D eigenvalue weighted by molar-refractivity contribution is 0.0988. The Morgan fingerprint density at radius 2 is 1.79 bits per heavy atom. The van der Waals surface area contributed by atoms with Gasteiger partial charge in [0.05, 0.1) is 16.4 Å². The van der Waals surface area contributed by atoms with E-state index in [1.807, 2.05) is 68.4 Å². The van der Waals surface area contributed by atoms with E-state index in [9.17, 15) is 4.79 Å². The minimum Gasteiger partial charge on any atom is -0.267 e. The molecule has 3 aromatic carbocycles. The molecule has 6 heteroatoms. The van der Waals surface area contributed by atoms with E-state index in [4.69, 9.17) is 0 Å². The van der Waals surface area contributed by atoms with Gasteiger partial charge in [-0.2, -0.15) is 10.1 Å². The molecular formula is C23H18BrN3OS. The summed E-state index contributed by atoms with van der Waals surface area (Å²) < 4.78 is 2.02. The van der Waals surface area contributed by atoms with E-state index in [2.05, 4.69) is 32.1 Å². The first-order chi connectivity index (χ1) is 14.0. The number of rotatable bonds is 4. The van der Waals surface area contributed by atoms with Gasteiger partial charge in [0.2, 0.25) is 5.13 Å². The van der Waals surface area contributed by atoms with Crippen molar-refractivity contribution in [2.45, 2.75) is 13.8 Å². The predicted octanol–water partition coefficient (Wildman–Crippen LogP) is 6.36. The molecule has 0 bridgehead atoms. The Kier molecular flexibility index (Phi) is 5.56. The van der Waals surface area contributed by atoms with Crippen LogP contribution in [0.25, 0.3) is 10.2 Å². The van der Waals surface area contributed by atoms with Crippen molar-refractivity contribution in [3.05, 3.63) is 93.5 Å². The molecule has 4 rings (SSSR count). The molecule has 144 valence electrons. The second-order valence-corrected chi connectivity index (χ2v) is 8.67. The van der Waals surface area contributed by atoms with E-state index in [-0.39, 0.29) is 5.91 Å². The van der Waals surface area contributed by atoms with Crippen molar-refractivity contribution in [2.24, 2.45) is 5.10 Å². The minimum atomic E-state index is -0.210. The molecule has 0 spiro atoms. The maximum atomic E-state index is 13.3. The zero-order valence-electron chi connectivity index (χ0n) is 16.0. The van der Waals surface area contributed by atoms with Gasteiger partial charge < -0.3 is 0 Å². The molecule has 1 amide bonds. The highest BCUT2D eigenvalue weighted by Crippen LogP contribution is 2.30. The number of nitrogens with zero attached hydrogens (tertiary/aromatic N) is 3. The summed E-state index contributed by atoms with van der Waals surface area (Å²) in [6.45, 7) is 4.01. The maximum absolute atomic E-state index is 13.3. The van der Waals surface area contributed by atoms with Gasteiger partial charge in [0.1, 0.15) is 0 Å². The Bertz CT molecular complexity index is 1210. The predicted molar refractivity (Wildman–Crippen MR) is 124 cm³/mol. The van der Waals surface area contributed by atoms with Crippen LogP contribution in [0, 0.1) is 13.8 Å². The first-order valence-electron chi connectivity index (χ1n) is 9.07. The fourth-order valence-corrected chi connectivity index (χ4v) is 4.16. The van der Waals surface area contributed by atoms with Crippen molar-refractivity contribution in [2.75, 3.05) is 5.01 Å². The van der Waals surface area contributed by atoms with Crippen LogP contribution in [-0.2, 0) is 0 Å². The second kappa shape index (κ2) is 8.27. The summed E-state index contributed by atoms with van der Waals surface area (Å²) in [5.74, 6) is -0.210. The number of amides is 1. The molecule has 0 saturated heterocycles. The minimum absolute atomic E-state index is 0.210. The lowest BCUT2D eigenvalue weighted by Gasteiger charge is -2.14. The molecule has 0 N–H and O–H groups in total. The van der Waals surface area contributed by atoms with Gasteiger partial charge in [-0.3, -0.25) is 4.79 Å². The van der Waals surface area contributed by atoms with E-state index < -0.39 is 0 Å². The molecular weight excluding hydrogens is 446 g/mol. The van der Waals surface area contributed by atoms with Crippen LogP contribution in [0.15, 0.2) is 76.3 Å². The van der Waals surface area contributed by atoms with Crippen LogP contribution in [-0.4, -0.2) is 17.1 Å². The monoisotopic (exact) mass is 463 g/mol. The molecule has 1 aromatic heterocycles. The Balaban J connectivity index is 1.76. The molecule has 4 aromatic rings. The molecule has 0 aliphatic heterocycles. The van der Waals surface area contributed by atoms with Crippen LogP contribution in [0.4, 0.5) is 5.13 Å². The average molecular weight is 464 g/mol. The lowest BCUT2D eigenvalue weighted by atomic mass is 10.1. The normalized spacial score (nSPS) is 11.3. The summed E-state index contributed by atoms with van der Waals surface area (Å²) in [5, 5.41) is 6.44. The third-order valence-electron chi connectivity index (χ3n) is 4.36. The Hall–Kier alpha value is -2.83. The molecule has 0 atom stereocenters. The van der Waals surface area contributed by atoms with E-state index >= 15 is 0 Å². The molecule has 0 aliphatic rings. The van der Waals surface area contributed by atoms with Crippen LogP contribution >= 0.6 is 27.3 Å². The summed E-state index contributed by atoms with van der Waals surface area (Å²) in [6.07, 6.45) is 1.68. The number of hydrogen-bond donors (Lipinski definition) is 0. The first-order valence-corrected chi connectivity index (χ1v) is 10.7. The van der Waals surface area contributed by atoms with E-state index in [1.165, 1.54) is 16.3 Å². The number of hydrogen-bond acceptors (Lipinski definition) is 4. The number of anilines is 1. The molecule has 0 radical (unpaired) electrons. The van der Waals surface area contributed by atoms with Crippen LogP contribution in [0.5, 0.6) is 0 Å². The number of halogens is 1. The first kappa shape index (κ1) is 19.5. The van der Waals surface area contributed by atoms with Gasteiger partial charge >= 0.3 is 0 Å². The Labute approximate surface area is 181 Å². The Morgan fingerprint density at radius 3 is 2.55 bits per heavy atom. The summed E-state index contributed by atoms with van der Waals surface area (Å²) >= 11 is 4.89. The van der Waals surface area contributed by atoms with Crippen LogP contribution in [0.2, 0.25) is 0 Å². The molecule has 4 nitrogen and oxygen atoms in total. The van der Waals surface area contributed by atoms with Crippen LogP contribution < -0.4 is 5.01 Å². The van der Waals surface area contributed by atoms with E-state index in [0.717, 1.165) is 31.4 Å². The number of aryl methyl sites for hydroxylation is 2. The van der Waals surface area contributed by atoms with Crippen LogP contribution in [0.1, 0.15) is 27.0 Å². The third-order valence-corrected chi connectivity index (χ3v) is 5.89. The number of carbonyl (C=O) groups excluding carboxylic acids is 1. The number of thiazole rings is 1. The molecule has 0 fully saturated rings. The number of hydrazone groups is 1. The lowest BCUT2D eigenvalue weighted by Crippen LogP contribution is -2.25. The van der Waals surface area contributed by atoms with Crippen molar-refractivity contribution in [1.29, 1.82) is 0 Å². The molecule has 1 heterocycles. The number of carbonyl (C=O) groups is 1. The summed E-state index contributed by atoms with van der Waals surface area (Å²) in [7, 11) is 0. The van der Waals surface area contributed by atoms with E-state index in [1.54, 1.807) is 12.3 Å². The topological polar surface area (TPSA) is 45.6 Å². The van der Waals surface area contributed by atoms with Gasteiger partial charge in [0.15, 0.2) is 0 Å². The SMILES string of the molecule is Cc1cccc(C(=O)N(/N=C/c2ccc(Br)cc2)c2nc3ccc(C)cc3s2)c1. The highest BCUT2D eigenvalue weighted by atomic mass is 79.9. The fourth-order valence-electron chi connectivity index (χ4n) is 2.87. The maximum Gasteiger partial charge on any atom is 0.280 e. The highest BCUT2D eigenvalue weighted by molar-refractivity contribution is 9.10. The average Bonchev–Trinajstić information content (AvgIpc) is 3.12. The largest absolute Gasteiger partial charge is 0.280 e. The standard InChI is InChI=1S/C23H18BrN3OS/c1-15-4-3-5-18(12-15)22(28)27(25-14-17-7-9-19(24)10-8-17)23-26-20-11-6-16(2)13-21(20)29-23/h3-14H,1-2H3/b25-14+. The number of aromatic nitrogens is 1. The van der Waals surface area contributed by atoms with Crippen LogP contribution in [0.3, 0.4) is 0 Å². The van der Waals surface area contributed by atoms with Crippen molar-refractivity contribution in [3.8, 4) is 0 Å². The van der Waals surface area contributed by atoms with Gasteiger partial charge in [0, 0.05) is 10.0 Å². The summed E-state index contributed by atoms with van der Waals surface area (Å²) in [6, 6.07) is 21.3. The molecule has 0 aliphatic carbocycles. The number of benzene rings is 3. The molecule has 0 saturated carbocycles. The third kappa shape index (κ3) is 4.44. The van der Waals surface area contributed by atoms with Crippen molar-refractivity contribution >= 4 is 54.7 Å².